The van der Waals surface area contributed by atoms with Gasteiger partial charge < -0.3 is 9.47 Å². The van der Waals surface area contributed by atoms with Crippen LogP contribution >= 0.6 is 11.6 Å². The summed E-state index contributed by atoms with van der Waals surface area (Å²) in [5.74, 6) is 2.63. The van der Waals surface area contributed by atoms with Gasteiger partial charge >= 0.3 is 0 Å². The van der Waals surface area contributed by atoms with Crippen LogP contribution < -0.4 is 9.47 Å². The summed E-state index contributed by atoms with van der Waals surface area (Å²) in [4.78, 5) is 0. The first-order valence-corrected chi connectivity index (χ1v) is 7.23. The second-order valence-electron chi connectivity index (χ2n) is 4.30. The van der Waals surface area contributed by atoms with Gasteiger partial charge in [0.15, 0.2) is 11.5 Å². The van der Waals surface area contributed by atoms with Crippen molar-refractivity contribution in [2.24, 2.45) is 5.92 Å². The van der Waals surface area contributed by atoms with Gasteiger partial charge in [0.05, 0.1) is 19.1 Å². The molecular weight excluding hydrogens is 248 g/mol. The fourth-order valence-corrected chi connectivity index (χ4v) is 2.04. The van der Waals surface area contributed by atoms with Gasteiger partial charge in [0, 0.05) is 5.56 Å². The van der Waals surface area contributed by atoms with E-state index < -0.39 is 0 Å². The average molecular weight is 271 g/mol. The zero-order valence-electron chi connectivity index (χ0n) is 11.5. The second kappa shape index (κ2) is 8.25. The van der Waals surface area contributed by atoms with E-state index in [-0.39, 0.29) is 0 Å². The number of ether oxygens (including phenoxy) is 2. The molecule has 0 heterocycles. The maximum Gasteiger partial charge on any atom is 0.165 e. The molecule has 0 saturated heterocycles. The topological polar surface area (TPSA) is 18.5 Å². The molecule has 0 aliphatic carbocycles. The zero-order chi connectivity index (χ0) is 13.4. The Morgan fingerprint density at radius 1 is 1.11 bits per heavy atom. The van der Waals surface area contributed by atoms with E-state index in [9.17, 15) is 0 Å². The van der Waals surface area contributed by atoms with Gasteiger partial charge in [0.2, 0.25) is 0 Å². The minimum absolute atomic E-state index is 0.444. The summed E-state index contributed by atoms with van der Waals surface area (Å²) < 4.78 is 11.5. The van der Waals surface area contributed by atoms with Crippen LogP contribution in [-0.4, -0.2) is 13.2 Å². The number of hydrogen-bond acceptors (Lipinski definition) is 2. The monoisotopic (exact) mass is 270 g/mol. The van der Waals surface area contributed by atoms with Crippen molar-refractivity contribution in [1.29, 1.82) is 0 Å². The van der Waals surface area contributed by atoms with E-state index in [0.717, 1.165) is 36.5 Å². The minimum Gasteiger partial charge on any atom is -0.490 e. The van der Waals surface area contributed by atoms with Crippen LogP contribution in [0.15, 0.2) is 18.2 Å². The lowest BCUT2D eigenvalue weighted by molar-refractivity contribution is 0.224. The maximum atomic E-state index is 5.95. The van der Waals surface area contributed by atoms with Gasteiger partial charge in [0.1, 0.15) is 0 Å². The number of alkyl halides is 1. The number of halogens is 1. The van der Waals surface area contributed by atoms with Crippen molar-refractivity contribution in [1.82, 2.24) is 0 Å². The molecule has 0 N–H and O–H groups in total. The average Bonchev–Trinajstić information content (AvgIpc) is 2.41. The molecule has 0 radical (unpaired) electrons. The number of para-hydroxylation sites is 1. The van der Waals surface area contributed by atoms with Crippen molar-refractivity contribution in [3.8, 4) is 11.5 Å². The lowest BCUT2D eigenvalue weighted by atomic mass is 10.1. The predicted octanol–water partition coefficient (Wildman–Crippen LogP) is 4.64. The Morgan fingerprint density at radius 3 is 2.39 bits per heavy atom. The van der Waals surface area contributed by atoms with E-state index in [0.29, 0.717) is 18.4 Å². The summed E-state index contributed by atoms with van der Waals surface area (Å²) in [6.07, 6.45) is 2.26. The summed E-state index contributed by atoms with van der Waals surface area (Å²) in [5.41, 5.74) is 0.994. The summed E-state index contributed by atoms with van der Waals surface area (Å²) in [6, 6.07) is 5.87. The van der Waals surface area contributed by atoms with Crippen molar-refractivity contribution in [3.63, 3.8) is 0 Å². The Kier molecular flexibility index (Phi) is 6.96. The lowest BCUT2D eigenvalue weighted by Gasteiger charge is -2.18. The molecule has 0 aliphatic rings. The van der Waals surface area contributed by atoms with Crippen LogP contribution in [0.2, 0.25) is 0 Å². The molecule has 0 bridgehead atoms. The van der Waals surface area contributed by atoms with Gasteiger partial charge in [0.25, 0.3) is 0 Å². The van der Waals surface area contributed by atoms with Crippen LogP contribution in [0.3, 0.4) is 0 Å². The largest absolute Gasteiger partial charge is 0.490 e. The van der Waals surface area contributed by atoms with Crippen LogP contribution in [0.25, 0.3) is 0 Å². The Labute approximate surface area is 115 Å². The van der Waals surface area contributed by atoms with Crippen molar-refractivity contribution >= 4 is 11.6 Å². The summed E-state index contributed by atoms with van der Waals surface area (Å²) >= 11 is 5.95. The zero-order valence-corrected chi connectivity index (χ0v) is 12.3. The first-order valence-electron chi connectivity index (χ1n) is 6.70. The molecular formula is C15H23ClO2. The van der Waals surface area contributed by atoms with Gasteiger partial charge in [-0.15, -0.1) is 11.6 Å². The van der Waals surface area contributed by atoms with Crippen LogP contribution in [0.1, 0.15) is 39.2 Å². The molecule has 1 aromatic carbocycles. The van der Waals surface area contributed by atoms with E-state index in [2.05, 4.69) is 13.8 Å². The molecule has 0 aliphatic heterocycles. The highest BCUT2D eigenvalue weighted by Gasteiger charge is 2.12. The molecule has 0 aromatic heterocycles. The van der Waals surface area contributed by atoms with Gasteiger partial charge in [-0.3, -0.25) is 0 Å². The Balaban J connectivity index is 2.83. The lowest BCUT2D eigenvalue weighted by Crippen LogP contribution is -2.11. The molecule has 0 atom stereocenters. The highest BCUT2D eigenvalue weighted by molar-refractivity contribution is 6.17. The van der Waals surface area contributed by atoms with Gasteiger partial charge in [-0.05, 0) is 18.9 Å². The van der Waals surface area contributed by atoms with Crippen LogP contribution in [0, 0.1) is 5.92 Å². The third kappa shape index (κ3) is 4.09. The summed E-state index contributed by atoms with van der Waals surface area (Å²) in [5, 5.41) is 0. The molecule has 1 rings (SSSR count). The molecule has 0 fully saturated rings. The Morgan fingerprint density at radius 2 is 1.83 bits per heavy atom. The van der Waals surface area contributed by atoms with E-state index in [1.165, 1.54) is 0 Å². The molecule has 0 spiro atoms. The quantitative estimate of drug-likeness (QED) is 0.641. The van der Waals surface area contributed by atoms with Crippen LogP contribution in [-0.2, 0) is 5.88 Å². The Hall–Kier alpha value is -0.890. The second-order valence-corrected chi connectivity index (χ2v) is 4.57. The van der Waals surface area contributed by atoms with Gasteiger partial charge in [-0.2, -0.15) is 0 Å². The molecule has 0 saturated carbocycles. The van der Waals surface area contributed by atoms with Crippen molar-refractivity contribution in [2.45, 2.75) is 39.5 Å². The minimum atomic E-state index is 0.444. The molecule has 102 valence electrons. The third-order valence-corrected chi connectivity index (χ3v) is 3.41. The first kappa shape index (κ1) is 15.2. The van der Waals surface area contributed by atoms with Crippen molar-refractivity contribution in [2.75, 3.05) is 13.2 Å². The molecule has 0 amide bonds. The number of rotatable bonds is 8. The van der Waals surface area contributed by atoms with Crippen molar-refractivity contribution < 1.29 is 9.47 Å². The first-order chi connectivity index (χ1) is 8.76. The van der Waals surface area contributed by atoms with Gasteiger partial charge in [-0.1, -0.05) is 38.8 Å². The number of benzene rings is 1. The highest BCUT2D eigenvalue weighted by Crippen LogP contribution is 2.33. The van der Waals surface area contributed by atoms with Gasteiger partial charge in [-0.25, -0.2) is 0 Å². The highest BCUT2D eigenvalue weighted by atomic mass is 35.5. The standard InChI is InChI=1S/C15H23ClO2/c1-4-12(5-2)11-18-15-13(10-16)8-7-9-14(15)17-6-3/h7-9,12H,4-6,10-11H2,1-3H3. The third-order valence-electron chi connectivity index (χ3n) is 3.12. The van der Waals surface area contributed by atoms with E-state index >= 15 is 0 Å². The Bertz CT molecular complexity index is 348. The SMILES string of the molecule is CCOc1cccc(CCl)c1OCC(CC)CC. The fraction of sp³-hybridized carbons (Fsp3) is 0.600. The summed E-state index contributed by atoms with van der Waals surface area (Å²) in [7, 11) is 0. The molecule has 3 heteroatoms. The molecule has 18 heavy (non-hydrogen) atoms. The van der Waals surface area contributed by atoms with E-state index in [4.69, 9.17) is 21.1 Å². The molecule has 0 unspecified atom stereocenters. The van der Waals surface area contributed by atoms with Crippen LogP contribution in [0.4, 0.5) is 0 Å². The predicted molar refractivity (Wildman–Crippen MR) is 76.7 cm³/mol. The molecule has 2 nitrogen and oxygen atoms in total. The van der Waals surface area contributed by atoms with E-state index in [1.54, 1.807) is 0 Å². The van der Waals surface area contributed by atoms with E-state index in [1.807, 2.05) is 25.1 Å². The molecule has 1 aromatic rings. The smallest absolute Gasteiger partial charge is 0.165 e. The fourth-order valence-electron chi connectivity index (χ4n) is 1.83. The number of hydrogen-bond donors (Lipinski definition) is 0. The van der Waals surface area contributed by atoms with Crippen LogP contribution in [0.5, 0.6) is 11.5 Å². The normalized spacial score (nSPS) is 10.7. The van der Waals surface area contributed by atoms with Crippen molar-refractivity contribution in [3.05, 3.63) is 23.8 Å². The summed E-state index contributed by atoms with van der Waals surface area (Å²) in [6.45, 7) is 7.70. The maximum absolute atomic E-state index is 5.95.